The molecule has 0 spiro atoms. The number of ether oxygens (including phenoxy) is 2. The molecule has 0 saturated heterocycles. The Morgan fingerprint density at radius 1 is 1.00 bits per heavy atom. The minimum Gasteiger partial charge on any atom is -0.490 e. The van der Waals surface area contributed by atoms with Crippen LogP contribution < -0.4 is 9.47 Å². The van der Waals surface area contributed by atoms with Crippen LogP contribution in [0.4, 0.5) is 0 Å². The third-order valence-electron chi connectivity index (χ3n) is 3.15. The molecule has 0 aliphatic heterocycles. The van der Waals surface area contributed by atoms with Gasteiger partial charge in [-0.1, -0.05) is 35.3 Å². The number of carbonyl (C=O) groups excluding carboxylic acids is 1. The summed E-state index contributed by atoms with van der Waals surface area (Å²) in [4.78, 5) is 10.9. The first kappa shape index (κ1) is 18.9. The highest BCUT2D eigenvalue weighted by Gasteiger charge is 2.11. The summed E-state index contributed by atoms with van der Waals surface area (Å²) in [5.41, 5.74) is 1.80. The average Bonchev–Trinajstić information content (AvgIpc) is 2.56. The van der Waals surface area contributed by atoms with Crippen LogP contribution in [0.3, 0.4) is 0 Å². The van der Waals surface area contributed by atoms with Crippen molar-refractivity contribution in [2.75, 3.05) is 19.1 Å². The van der Waals surface area contributed by atoms with Gasteiger partial charge in [-0.15, -0.1) is 11.6 Å². The van der Waals surface area contributed by atoms with Gasteiger partial charge in [0.1, 0.15) is 12.4 Å². The van der Waals surface area contributed by atoms with E-state index in [0.29, 0.717) is 34.0 Å². The zero-order valence-corrected chi connectivity index (χ0v) is 15.4. The molecule has 3 nitrogen and oxygen atoms in total. The lowest BCUT2D eigenvalue weighted by molar-refractivity contribution is -0.118. The fourth-order valence-electron chi connectivity index (χ4n) is 2.02. The van der Waals surface area contributed by atoms with Crippen molar-refractivity contribution in [1.29, 1.82) is 0 Å². The van der Waals surface area contributed by atoms with E-state index < -0.39 is 0 Å². The second kappa shape index (κ2) is 9.16. The lowest BCUT2D eigenvalue weighted by Crippen LogP contribution is -2.06. The molecule has 6 heteroatoms. The van der Waals surface area contributed by atoms with E-state index in [1.54, 1.807) is 24.3 Å². The molecule has 2 rings (SSSR count). The van der Waals surface area contributed by atoms with Crippen molar-refractivity contribution in [3.8, 4) is 22.6 Å². The van der Waals surface area contributed by atoms with Crippen molar-refractivity contribution in [3.05, 3.63) is 46.4 Å². The second-order valence-electron chi connectivity index (χ2n) is 5.18. The third-order valence-corrected chi connectivity index (χ3v) is 3.98. The molecule has 0 atom stereocenters. The largest absolute Gasteiger partial charge is 0.490 e. The van der Waals surface area contributed by atoms with E-state index in [-0.39, 0.29) is 12.4 Å². The van der Waals surface area contributed by atoms with Crippen LogP contribution in [0.2, 0.25) is 10.0 Å². The van der Waals surface area contributed by atoms with Gasteiger partial charge in [0.15, 0.2) is 11.5 Å². The summed E-state index contributed by atoms with van der Waals surface area (Å²) in [5.74, 6) is 1.59. The van der Waals surface area contributed by atoms with Crippen LogP contribution >= 0.6 is 34.8 Å². The summed E-state index contributed by atoms with van der Waals surface area (Å²) in [5, 5.41) is 0.896. The van der Waals surface area contributed by atoms with Gasteiger partial charge in [-0.3, -0.25) is 4.79 Å². The molecule has 2 aromatic rings. The standard InChI is InChI=1S/C18H17Cl3O3/c1-12(22)11-24-15-5-3-13(4-6-15)14-9-16(20)18(17(21)10-14)23-8-2-7-19/h3-6,9-10H,2,7-8,11H2,1H3. The molecule has 0 amide bonds. The number of benzene rings is 2. The molecule has 24 heavy (non-hydrogen) atoms. The molecular weight excluding hydrogens is 371 g/mol. The van der Waals surface area contributed by atoms with Gasteiger partial charge < -0.3 is 9.47 Å². The van der Waals surface area contributed by atoms with Crippen LogP contribution in [-0.2, 0) is 4.79 Å². The van der Waals surface area contributed by atoms with Crippen molar-refractivity contribution >= 4 is 40.6 Å². The Morgan fingerprint density at radius 2 is 1.62 bits per heavy atom. The predicted molar refractivity (Wildman–Crippen MR) is 98.9 cm³/mol. The molecule has 2 aromatic carbocycles. The summed E-state index contributed by atoms with van der Waals surface area (Å²) in [6.07, 6.45) is 0.720. The van der Waals surface area contributed by atoms with Crippen LogP contribution in [0.5, 0.6) is 11.5 Å². The Morgan fingerprint density at radius 3 is 2.17 bits per heavy atom. The Hall–Kier alpha value is -1.42. The number of hydrogen-bond acceptors (Lipinski definition) is 3. The van der Waals surface area contributed by atoms with Gasteiger partial charge >= 0.3 is 0 Å². The lowest BCUT2D eigenvalue weighted by Gasteiger charge is -2.12. The van der Waals surface area contributed by atoms with Crippen molar-refractivity contribution in [3.63, 3.8) is 0 Å². The molecule has 0 N–H and O–H groups in total. The van der Waals surface area contributed by atoms with E-state index >= 15 is 0 Å². The molecule has 0 aliphatic rings. The van der Waals surface area contributed by atoms with Crippen LogP contribution in [-0.4, -0.2) is 24.9 Å². The van der Waals surface area contributed by atoms with Gasteiger partial charge in [-0.05, 0) is 48.7 Å². The summed E-state index contributed by atoms with van der Waals surface area (Å²) in [6.45, 7) is 2.00. The zero-order chi connectivity index (χ0) is 17.5. The smallest absolute Gasteiger partial charge is 0.167 e. The topological polar surface area (TPSA) is 35.5 Å². The summed E-state index contributed by atoms with van der Waals surface area (Å²) in [6, 6.07) is 11.0. The fraction of sp³-hybridized carbons (Fsp3) is 0.278. The van der Waals surface area contributed by atoms with E-state index in [1.807, 2.05) is 12.1 Å². The monoisotopic (exact) mass is 386 g/mol. The molecule has 0 bridgehead atoms. The second-order valence-corrected chi connectivity index (χ2v) is 6.37. The number of alkyl halides is 1. The van der Waals surface area contributed by atoms with Gasteiger partial charge in [0.2, 0.25) is 0 Å². The van der Waals surface area contributed by atoms with Crippen molar-refractivity contribution < 1.29 is 14.3 Å². The highest BCUT2D eigenvalue weighted by molar-refractivity contribution is 6.37. The van der Waals surface area contributed by atoms with Gasteiger partial charge in [0, 0.05) is 5.88 Å². The van der Waals surface area contributed by atoms with E-state index in [4.69, 9.17) is 44.3 Å². The maximum Gasteiger partial charge on any atom is 0.167 e. The van der Waals surface area contributed by atoms with Crippen molar-refractivity contribution in [2.24, 2.45) is 0 Å². The fourth-order valence-corrected chi connectivity index (χ4v) is 2.73. The van der Waals surface area contributed by atoms with E-state index in [2.05, 4.69) is 0 Å². The van der Waals surface area contributed by atoms with Crippen LogP contribution in [0.25, 0.3) is 11.1 Å². The molecular formula is C18H17Cl3O3. The summed E-state index contributed by atoms with van der Waals surface area (Å²) in [7, 11) is 0. The van der Waals surface area contributed by atoms with Crippen molar-refractivity contribution in [1.82, 2.24) is 0 Å². The first-order valence-corrected chi connectivity index (χ1v) is 8.71. The van der Waals surface area contributed by atoms with Crippen molar-refractivity contribution in [2.45, 2.75) is 13.3 Å². The summed E-state index contributed by atoms with van der Waals surface area (Å²) < 4.78 is 10.9. The molecule has 0 aromatic heterocycles. The third kappa shape index (κ3) is 5.30. The normalized spacial score (nSPS) is 10.5. The number of hydrogen-bond donors (Lipinski definition) is 0. The maximum atomic E-state index is 10.9. The number of carbonyl (C=O) groups is 1. The number of rotatable bonds is 8. The number of Topliss-reactive ketones (excluding diaryl/α,β-unsaturated/α-hetero) is 1. The van der Waals surface area contributed by atoms with Gasteiger partial charge in [0.25, 0.3) is 0 Å². The van der Waals surface area contributed by atoms with E-state index in [0.717, 1.165) is 17.5 Å². The number of halogens is 3. The van der Waals surface area contributed by atoms with E-state index in [1.165, 1.54) is 6.92 Å². The predicted octanol–water partition coefficient (Wildman–Crippen LogP) is 5.64. The summed E-state index contributed by atoms with van der Waals surface area (Å²) >= 11 is 18.2. The quantitative estimate of drug-likeness (QED) is 0.434. The van der Waals surface area contributed by atoms with Gasteiger partial charge in [0.05, 0.1) is 16.7 Å². The van der Waals surface area contributed by atoms with E-state index in [9.17, 15) is 4.79 Å². The van der Waals surface area contributed by atoms with Gasteiger partial charge in [-0.25, -0.2) is 0 Å². The Bertz CT molecular complexity index is 676. The SMILES string of the molecule is CC(=O)COc1ccc(-c2cc(Cl)c(OCCCCl)c(Cl)c2)cc1. The lowest BCUT2D eigenvalue weighted by atomic mass is 10.1. The molecule has 0 aliphatic carbocycles. The van der Waals surface area contributed by atoms with Gasteiger partial charge in [-0.2, -0.15) is 0 Å². The first-order chi connectivity index (χ1) is 11.5. The molecule has 0 saturated carbocycles. The Labute approximate surface area is 156 Å². The molecule has 128 valence electrons. The van der Waals surface area contributed by atoms with Crippen LogP contribution in [0.1, 0.15) is 13.3 Å². The van der Waals surface area contributed by atoms with Crippen LogP contribution in [0.15, 0.2) is 36.4 Å². The zero-order valence-electron chi connectivity index (χ0n) is 13.2. The minimum absolute atomic E-state index is 0.0256. The minimum atomic E-state index is -0.0256. The average molecular weight is 388 g/mol. The first-order valence-electron chi connectivity index (χ1n) is 7.41. The Kier molecular flexibility index (Phi) is 7.22. The molecule has 0 radical (unpaired) electrons. The number of ketones is 1. The molecule has 0 heterocycles. The highest BCUT2D eigenvalue weighted by atomic mass is 35.5. The highest BCUT2D eigenvalue weighted by Crippen LogP contribution is 2.38. The Balaban J connectivity index is 2.15. The maximum absolute atomic E-state index is 10.9. The molecule has 0 fully saturated rings. The molecule has 0 unspecified atom stereocenters. The van der Waals surface area contributed by atoms with Crippen LogP contribution in [0, 0.1) is 0 Å².